The number of β-amino-alcohol motifs (C(OH)–C–C–N with tert-alkyl or cyclic N) is 1. The monoisotopic (exact) mass is 228 g/mol. The maximum atomic E-state index is 9.50. The van der Waals surface area contributed by atoms with Gasteiger partial charge < -0.3 is 5.11 Å². The molecule has 2 heterocycles. The molecular formula is C14H16N2O. The van der Waals surface area contributed by atoms with Crippen LogP contribution in [0.5, 0.6) is 0 Å². The number of aromatic nitrogens is 1. The van der Waals surface area contributed by atoms with Crippen LogP contribution in [0.2, 0.25) is 0 Å². The first-order valence-electron chi connectivity index (χ1n) is 6.05. The molecule has 2 aromatic rings. The lowest BCUT2D eigenvalue weighted by Crippen LogP contribution is -2.21. The van der Waals surface area contributed by atoms with E-state index < -0.39 is 0 Å². The van der Waals surface area contributed by atoms with Gasteiger partial charge in [-0.3, -0.25) is 9.88 Å². The number of rotatable bonds is 2. The van der Waals surface area contributed by atoms with E-state index in [1.165, 1.54) is 10.9 Å². The fourth-order valence-electron chi connectivity index (χ4n) is 2.44. The number of nitrogens with zero attached hydrogens (tertiary/aromatic N) is 2. The van der Waals surface area contributed by atoms with Crippen molar-refractivity contribution < 1.29 is 5.11 Å². The number of likely N-dealkylation sites (tertiary alicyclic amines) is 1. The number of aliphatic hydroxyl groups is 1. The highest BCUT2D eigenvalue weighted by Crippen LogP contribution is 2.17. The van der Waals surface area contributed by atoms with Crippen LogP contribution in [0.15, 0.2) is 36.5 Å². The number of fused-ring (bicyclic) bond motifs is 1. The molecule has 0 bridgehead atoms. The van der Waals surface area contributed by atoms with Gasteiger partial charge in [0, 0.05) is 31.2 Å². The van der Waals surface area contributed by atoms with E-state index in [0.717, 1.165) is 31.6 Å². The maximum absolute atomic E-state index is 9.50. The van der Waals surface area contributed by atoms with Crippen molar-refractivity contribution in [2.75, 3.05) is 13.1 Å². The normalized spacial score (nSPS) is 21.1. The molecule has 3 rings (SSSR count). The average molecular weight is 228 g/mol. The van der Waals surface area contributed by atoms with Crippen LogP contribution in [0.4, 0.5) is 0 Å². The summed E-state index contributed by atoms with van der Waals surface area (Å²) in [6.07, 6.45) is 2.57. The Morgan fingerprint density at radius 1 is 1.35 bits per heavy atom. The summed E-state index contributed by atoms with van der Waals surface area (Å²) in [6.45, 7) is 2.71. The van der Waals surface area contributed by atoms with Gasteiger partial charge >= 0.3 is 0 Å². The second-order valence-corrected chi connectivity index (χ2v) is 4.71. The highest BCUT2D eigenvalue weighted by atomic mass is 16.3. The summed E-state index contributed by atoms with van der Waals surface area (Å²) in [6, 6.07) is 10.4. The molecule has 3 heteroatoms. The third-order valence-electron chi connectivity index (χ3n) is 3.32. The minimum absolute atomic E-state index is 0.142. The fraction of sp³-hybridized carbons (Fsp3) is 0.357. The Balaban J connectivity index is 1.81. The van der Waals surface area contributed by atoms with Crippen molar-refractivity contribution in [3.8, 4) is 0 Å². The van der Waals surface area contributed by atoms with E-state index in [0.29, 0.717) is 0 Å². The molecule has 3 nitrogen and oxygen atoms in total. The Morgan fingerprint density at radius 2 is 2.29 bits per heavy atom. The van der Waals surface area contributed by atoms with Gasteiger partial charge in [0.25, 0.3) is 0 Å². The lowest BCUT2D eigenvalue weighted by Gasteiger charge is -2.15. The van der Waals surface area contributed by atoms with Gasteiger partial charge in [-0.05, 0) is 30.2 Å². The standard InChI is InChI=1S/C14H16N2O/c17-13-5-7-16(10-13)9-11-3-4-14-12(8-11)2-1-6-15-14/h1-4,6,8,13,17H,5,7,9-10H2. The van der Waals surface area contributed by atoms with Crippen molar-refractivity contribution in [2.45, 2.75) is 19.1 Å². The first-order valence-corrected chi connectivity index (χ1v) is 6.05. The summed E-state index contributed by atoms with van der Waals surface area (Å²) >= 11 is 0. The maximum Gasteiger partial charge on any atom is 0.0702 e. The zero-order valence-corrected chi connectivity index (χ0v) is 9.71. The van der Waals surface area contributed by atoms with Crippen LogP contribution in [0.25, 0.3) is 10.9 Å². The highest BCUT2D eigenvalue weighted by molar-refractivity contribution is 5.78. The summed E-state index contributed by atoms with van der Waals surface area (Å²) in [4.78, 5) is 6.61. The van der Waals surface area contributed by atoms with E-state index in [4.69, 9.17) is 0 Å². The molecule has 1 unspecified atom stereocenters. The zero-order chi connectivity index (χ0) is 11.7. The molecule has 1 atom stereocenters. The Hall–Kier alpha value is -1.45. The minimum atomic E-state index is -0.142. The Morgan fingerprint density at radius 3 is 3.12 bits per heavy atom. The summed E-state index contributed by atoms with van der Waals surface area (Å²) in [5.74, 6) is 0. The van der Waals surface area contributed by atoms with Crippen molar-refractivity contribution in [3.63, 3.8) is 0 Å². The number of hydrogen-bond donors (Lipinski definition) is 1. The van der Waals surface area contributed by atoms with E-state index in [9.17, 15) is 5.11 Å². The molecule has 1 aliphatic heterocycles. The summed E-state index contributed by atoms with van der Waals surface area (Å²) in [5, 5.41) is 10.7. The first-order chi connectivity index (χ1) is 8.31. The van der Waals surface area contributed by atoms with Gasteiger partial charge in [0.1, 0.15) is 0 Å². The molecular weight excluding hydrogens is 212 g/mol. The Kier molecular flexibility index (Phi) is 2.79. The third-order valence-corrected chi connectivity index (χ3v) is 3.32. The summed E-state index contributed by atoms with van der Waals surface area (Å²) in [7, 11) is 0. The Labute approximate surface area is 101 Å². The lowest BCUT2D eigenvalue weighted by molar-refractivity contribution is 0.175. The summed E-state index contributed by atoms with van der Waals surface area (Å²) in [5.41, 5.74) is 2.33. The molecule has 0 radical (unpaired) electrons. The van der Waals surface area contributed by atoms with Gasteiger partial charge in [0.15, 0.2) is 0 Å². The Bertz CT molecular complexity index is 526. The topological polar surface area (TPSA) is 36.4 Å². The van der Waals surface area contributed by atoms with Crippen molar-refractivity contribution in [1.29, 1.82) is 0 Å². The van der Waals surface area contributed by atoms with Crippen LogP contribution in [0.1, 0.15) is 12.0 Å². The molecule has 0 saturated carbocycles. The number of benzene rings is 1. The van der Waals surface area contributed by atoms with Gasteiger partial charge in [-0.25, -0.2) is 0 Å². The van der Waals surface area contributed by atoms with Crippen LogP contribution in [-0.2, 0) is 6.54 Å². The van der Waals surface area contributed by atoms with Crippen LogP contribution in [0, 0.1) is 0 Å². The van der Waals surface area contributed by atoms with Crippen molar-refractivity contribution in [2.24, 2.45) is 0 Å². The van der Waals surface area contributed by atoms with Crippen molar-refractivity contribution in [3.05, 3.63) is 42.1 Å². The van der Waals surface area contributed by atoms with Crippen molar-refractivity contribution in [1.82, 2.24) is 9.88 Å². The van der Waals surface area contributed by atoms with E-state index in [1.54, 1.807) is 0 Å². The third kappa shape index (κ3) is 2.30. The lowest BCUT2D eigenvalue weighted by atomic mass is 10.1. The smallest absolute Gasteiger partial charge is 0.0702 e. The molecule has 0 spiro atoms. The molecule has 0 amide bonds. The molecule has 1 aromatic heterocycles. The second-order valence-electron chi connectivity index (χ2n) is 4.71. The second kappa shape index (κ2) is 4.43. The SMILES string of the molecule is OC1CCN(Cc2ccc3ncccc3c2)C1. The highest BCUT2D eigenvalue weighted by Gasteiger charge is 2.19. The molecule has 88 valence electrons. The molecule has 1 aliphatic rings. The van der Waals surface area contributed by atoms with Gasteiger partial charge in [0.05, 0.1) is 11.6 Å². The number of hydrogen-bond acceptors (Lipinski definition) is 3. The molecule has 1 aromatic carbocycles. The summed E-state index contributed by atoms with van der Waals surface area (Å²) < 4.78 is 0. The predicted molar refractivity (Wildman–Crippen MR) is 67.6 cm³/mol. The molecule has 17 heavy (non-hydrogen) atoms. The van der Waals surface area contributed by atoms with Gasteiger partial charge in [0.2, 0.25) is 0 Å². The molecule has 1 fully saturated rings. The quantitative estimate of drug-likeness (QED) is 0.851. The average Bonchev–Trinajstić information content (AvgIpc) is 2.75. The zero-order valence-electron chi connectivity index (χ0n) is 9.71. The van der Waals surface area contributed by atoms with Crippen LogP contribution in [-0.4, -0.2) is 34.2 Å². The molecule has 1 N–H and O–H groups in total. The largest absolute Gasteiger partial charge is 0.392 e. The number of aliphatic hydroxyl groups excluding tert-OH is 1. The van der Waals surface area contributed by atoms with E-state index in [1.807, 2.05) is 12.3 Å². The van der Waals surface area contributed by atoms with Gasteiger partial charge in [-0.1, -0.05) is 12.1 Å². The van der Waals surface area contributed by atoms with Crippen LogP contribution >= 0.6 is 0 Å². The number of pyridine rings is 1. The van der Waals surface area contributed by atoms with Crippen molar-refractivity contribution >= 4 is 10.9 Å². The molecule has 0 aliphatic carbocycles. The first kappa shape index (κ1) is 10.7. The van der Waals surface area contributed by atoms with Gasteiger partial charge in [-0.2, -0.15) is 0 Å². The fourth-order valence-corrected chi connectivity index (χ4v) is 2.44. The van der Waals surface area contributed by atoms with E-state index in [2.05, 4.69) is 34.1 Å². The minimum Gasteiger partial charge on any atom is -0.392 e. The van der Waals surface area contributed by atoms with Crippen LogP contribution < -0.4 is 0 Å². The van der Waals surface area contributed by atoms with E-state index >= 15 is 0 Å². The van der Waals surface area contributed by atoms with E-state index in [-0.39, 0.29) is 6.10 Å². The molecule has 1 saturated heterocycles. The van der Waals surface area contributed by atoms with Gasteiger partial charge in [-0.15, -0.1) is 0 Å². The van der Waals surface area contributed by atoms with Crippen LogP contribution in [0.3, 0.4) is 0 Å². The predicted octanol–water partition coefficient (Wildman–Crippen LogP) is 1.80.